The normalized spacial score (nSPS) is 16.3. The fourth-order valence-electron chi connectivity index (χ4n) is 2.37. The number of fused-ring (bicyclic) bond motifs is 1. The number of rotatable bonds is 4. The van der Waals surface area contributed by atoms with E-state index in [4.69, 9.17) is 9.47 Å². The van der Waals surface area contributed by atoms with Crippen molar-refractivity contribution in [3.05, 3.63) is 47.8 Å². The summed E-state index contributed by atoms with van der Waals surface area (Å²) in [5.74, 6) is 0.953. The summed E-state index contributed by atoms with van der Waals surface area (Å²) < 4.78 is 10.5. The number of benzene rings is 1. The predicted octanol–water partition coefficient (Wildman–Crippen LogP) is 2.59. The maximum atomic E-state index is 11.6. The highest BCUT2D eigenvalue weighted by Gasteiger charge is 2.21. The fourth-order valence-corrected chi connectivity index (χ4v) is 2.37. The molecule has 0 aliphatic carbocycles. The van der Waals surface area contributed by atoms with Crippen LogP contribution >= 0.6 is 0 Å². The van der Waals surface area contributed by atoms with Gasteiger partial charge in [0, 0.05) is 24.4 Å². The van der Waals surface area contributed by atoms with Crippen LogP contribution in [-0.2, 0) is 4.74 Å². The standard InChI is InChI=1S/C16H17N3O3/c1-2-21-15(20)11-9-17-16(18-10-11)19-13-7-8-22-14-6-4-3-5-12(13)14/h3-6,9-10,13H,2,7-8H2,1H3,(H,17,18,19). The summed E-state index contributed by atoms with van der Waals surface area (Å²) in [5, 5.41) is 3.28. The lowest BCUT2D eigenvalue weighted by molar-refractivity contribution is 0.0525. The van der Waals surface area contributed by atoms with E-state index in [0.717, 1.165) is 17.7 Å². The lowest BCUT2D eigenvalue weighted by atomic mass is 10.0. The molecule has 0 saturated heterocycles. The lowest BCUT2D eigenvalue weighted by Gasteiger charge is -2.26. The number of carbonyl (C=O) groups excluding carboxylic acids is 1. The number of anilines is 1. The van der Waals surface area contributed by atoms with E-state index in [-0.39, 0.29) is 6.04 Å². The molecule has 2 heterocycles. The molecule has 0 amide bonds. The molecular weight excluding hydrogens is 282 g/mol. The van der Waals surface area contributed by atoms with Crippen molar-refractivity contribution in [2.45, 2.75) is 19.4 Å². The van der Waals surface area contributed by atoms with E-state index in [1.165, 1.54) is 12.4 Å². The third-order valence-corrected chi connectivity index (χ3v) is 3.42. The number of hydrogen-bond donors (Lipinski definition) is 1. The second-order valence-corrected chi connectivity index (χ2v) is 4.89. The first kappa shape index (κ1) is 14.3. The Kier molecular flexibility index (Phi) is 4.18. The van der Waals surface area contributed by atoms with Crippen LogP contribution in [0.15, 0.2) is 36.7 Å². The second-order valence-electron chi connectivity index (χ2n) is 4.89. The van der Waals surface area contributed by atoms with Crippen molar-refractivity contribution in [1.82, 2.24) is 9.97 Å². The third kappa shape index (κ3) is 3.00. The van der Waals surface area contributed by atoms with E-state index in [0.29, 0.717) is 24.7 Å². The van der Waals surface area contributed by atoms with Gasteiger partial charge in [-0.2, -0.15) is 0 Å². The van der Waals surface area contributed by atoms with E-state index < -0.39 is 5.97 Å². The average Bonchev–Trinajstić information content (AvgIpc) is 2.56. The molecule has 0 fully saturated rings. The van der Waals surface area contributed by atoms with Crippen molar-refractivity contribution >= 4 is 11.9 Å². The zero-order valence-corrected chi connectivity index (χ0v) is 12.3. The molecule has 6 nitrogen and oxygen atoms in total. The molecule has 1 atom stereocenters. The van der Waals surface area contributed by atoms with Crippen LogP contribution in [0, 0.1) is 0 Å². The van der Waals surface area contributed by atoms with Gasteiger partial charge < -0.3 is 14.8 Å². The Balaban J connectivity index is 1.73. The molecule has 0 radical (unpaired) electrons. The second kappa shape index (κ2) is 6.43. The molecule has 0 saturated carbocycles. The van der Waals surface area contributed by atoms with Crippen molar-refractivity contribution in [3.63, 3.8) is 0 Å². The van der Waals surface area contributed by atoms with Crippen molar-refractivity contribution < 1.29 is 14.3 Å². The average molecular weight is 299 g/mol. The summed E-state index contributed by atoms with van der Waals surface area (Å²) in [6.45, 7) is 2.74. The van der Waals surface area contributed by atoms with Crippen LogP contribution in [0.5, 0.6) is 5.75 Å². The quantitative estimate of drug-likeness (QED) is 0.875. The number of esters is 1. The number of para-hydroxylation sites is 1. The zero-order chi connectivity index (χ0) is 15.4. The van der Waals surface area contributed by atoms with Crippen molar-refractivity contribution in [2.24, 2.45) is 0 Å². The van der Waals surface area contributed by atoms with Crippen LogP contribution in [0.2, 0.25) is 0 Å². The van der Waals surface area contributed by atoms with Crippen molar-refractivity contribution in [3.8, 4) is 5.75 Å². The Morgan fingerprint density at radius 2 is 2.14 bits per heavy atom. The molecule has 0 bridgehead atoms. The highest BCUT2D eigenvalue weighted by molar-refractivity contribution is 5.88. The highest BCUT2D eigenvalue weighted by atomic mass is 16.5. The Morgan fingerprint density at radius 3 is 2.91 bits per heavy atom. The summed E-state index contributed by atoms with van der Waals surface area (Å²) in [7, 11) is 0. The van der Waals surface area contributed by atoms with Gasteiger partial charge in [-0.25, -0.2) is 14.8 Å². The lowest BCUT2D eigenvalue weighted by Crippen LogP contribution is -2.21. The topological polar surface area (TPSA) is 73.3 Å². The largest absolute Gasteiger partial charge is 0.493 e. The van der Waals surface area contributed by atoms with Crippen LogP contribution in [0.1, 0.15) is 35.3 Å². The third-order valence-electron chi connectivity index (χ3n) is 3.42. The molecular formula is C16H17N3O3. The minimum Gasteiger partial charge on any atom is -0.493 e. The highest BCUT2D eigenvalue weighted by Crippen LogP contribution is 2.33. The first-order chi connectivity index (χ1) is 10.8. The maximum absolute atomic E-state index is 11.6. The van der Waals surface area contributed by atoms with Crippen LogP contribution in [0.3, 0.4) is 0 Å². The minimum absolute atomic E-state index is 0.0957. The van der Waals surface area contributed by atoms with Crippen LogP contribution in [0.25, 0.3) is 0 Å². The molecule has 1 aliphatic heterocycles. The molecule has 1 aliphatic rings. The Bertz CT molecular complexity index is 658. The zero-order valence-electron chi connectivity index (χ0n) is 12.3. The van der Waals surface area contributed by atoms with Crippen LogP contribution < -0.4 is 10.1 Å². The van der Waals surface area contributed by atoms with E-state index in [1.807, 2.05) is 24.3 Å². The first-order valence-electron chi connectivity index (χ1n) is 7.25. The molecule has 22 heavy (non-hydrogen) atoms. The van der Waals surface area contributed by atoms with E-state index in [1.54, 1.807) is 6.92 Å². The Labute approximate surface area is 128 Å². The molecule has 3 rings (SSSR count). The first-order valence-corrected chi connectivity index (χ1v) is 7.25. The Hall–Kier alpha value is -2.63. The van der Waals surface area contributed by atoms with Gasteiger partial charge in [0.05, 0.1) is 24.8 Å². The summed E-state index contributed by atoms with van der Waals surface area (Å²) in [6, 6.07) is 8.00. The van der Waals surface area contributed by atoms with E-state index >= 15 is 0 Å². The summed E-state index contributed by atoms with van der Waals surface area (Å²) in [5.41, 5.74) is 1.44. The molecule has 1 unspecified atom stereocenters. The number of ether oxygens (including phenoxy) is 2. The van der Waals surface area contributed by atoms with Gasteiger partial charge >= 0.3 is 5.97 Å². The van der Waals surface area contributed by atoms with Gasteiger partial charge in [-0.1, -0.05) is 18.2 Å². The number of hydrogen-bond acceptors (Lipinski definition) is 6. The summed E-state index contributed by atoms with van der Waals surface area (Å²) >= 11 is 0. The monoisotopic (exact) mass is 299 g/mol. The molecule has 1 N–H and O–H groups in total. The summed E-state index contributed by atoms with van der Waals surface area (Å²) in [6.07, 6.45) is 3.77. The minimum atomic E-state index is -0.412. The van der Waals surface area contributed by atoms with Gasteiger partial charge in [0.2, 0.25) is 5.95 Å². The fraction of sp³-hybridized carbons (Fsp3) is 0.312. The maximum Gasteiger partial charge on any atom is 0.341 e. The van der Waals surface area contributed by atoms with Crippen molar-refractivity contribution in [1.29, 1.82) is 0 Å². The van der Waals surface area contributed by atoms with E-state index in [9.17, 15) is 4.79 Å². The van der Waals surface area contributed by atoms with Gasteiger partial charge in [0.25, 0.3) is 0 Å². The molecule has 2 aromatic rings. The van der Waals surface area contributed by atoms with Gasteiger partial charge in [-0.3, -0.25) is 0 Å². The van der Waals surface area contributed by atoms with E-state index in [2.05, 4.69) is 15.3 Å². The molecule has 1 aromatic heterocycles. The summed E-state index contributed by atoms with van der Waals surface area (Å²) in [4.78, 5) is 19.9. The van der Waals surface area contributed by atoms with Gasteiger partial charge in [0.15, 0.2) is 0 Å². The number of nitrogens with one attached hydrogen (secondary N) is 1. The van der Waals surface area contributed by atoms with Crippen LogP contribution in [-0.4, -0.2) is 29.2 Å². The molecule has 0 spiro atoms. The Morgan fingerprint density at radius 1 is 1.36 bits per heavy atom. The smallest absolute Gasteiger partial charge is 0.341 e. The SMILES string of the molecule is CCOC(=O)c1cnc(NC2CCOc3ccccc32)nc1. The van der Waals surface area contributed by atoms with Crippen molar-refractivity contribution in [2.75, 3.05) is 18.5 Å². The predicted molar refractivity (Wildman–Crippen MR) is 80.9 cm³/mol. The number of nitrogens with zero attached hydrogens (tertiary/aromatic N) is 2. The van der Waals surface area contributed by atoms with Crippen LogP contribution in [0.4, 0.5) is 5.95 Å². The number of aromatic nitrogens is 2. The van der Waals surface area contributed by atoms with Gasteiger partial charge in [-0.15, -0.1) is 0 Å². The number of carbonyl (C=O) groups is 1. The molecule has 6 heteroatoms. The molecule has 114 valence electrons. The van der Waals surface area contributed by atoms with Gasteiger partial charge in [-0.05, 0) is 13.0 Å². The van der Waals surface area contributed by atoms with Gasteiger partial charge in [0.1, 0.15) is 5.75 Å². The molecule has 1 aromatic carbocycles.